The number of aromatic nitrogens is 6. The maximum atomic E-state index is 12.1. The van der Waals surface area contributed by atoms with Crippen molar-refractivity contribution in [1.82, 2.24) is 29.5 Å². The van der Waals surface area contributed by atoms with Gasteiger partial charge in [-0.3, -0.25) is 0 Å². The summed E-state index contributed by atoms with van der Waals surface area (Å²) in [5, 5.41) is 0. The Labute approximate surface area is 124 Å². The highest BCUT2D eigenvalue weighted by atomic mass is 16.1. The van der Waals surface area contributed by atoms with Crippen molar-refractivity contribution in [2.75, 3.05) is 0 Å². The van der Waals surface area contributed by atoms with E-state index in [2.05, 4.69) is 24.9 Å². The molecule has 108 valence electrons. The number of benzene rings is 1. The first-order valence-electron chi connectivity index (χ1n) is 6.81. The lowest BCUT2D eigenvalue weighted by Crippen LogP contribution is -2.15. The zero-order valence-electron chi connectivity index (χ0n) is 11.5. The molecule has 0 saturated heterocycles. The van der Waals surface area contributed by atoms with E-state index in [1.807, 2.05) is 30.3 Å². The predicted molar refractivity (Wildman–Crippen MR) is 80.9 cm³/mol. The van der Waals surface area contributed by atoms with E-state index in [0.29, 0.717) is 29.2 Å². The highest BCUT2D eigenvalue weighted by Gasteiger charge is 2.13. The zero-order chi connectivity index (χ0) is 14.9. The Kier molecular flexibility index (Phi) is 2.82. The topological polar surface area (TPSA) is 92.2 Å². The molecule has 0 amide bonds. The molecule has 0 spiro atoms. The van der Waals surface area contributed by atoms with E-state index < -0.39 is 0 Å². The Morgan fingerprint density at radius 2 is 2.00 bits per heavy atom. The van der Waals surface area contributed by atoms with Gasteiger partial charge in [-0.05, 0) is 5.56 Å². The van der Waals surface area contributed by atoms with Crippen molar-refractivity contribution in [3.05, 3.63) is 70.9 Å². The van der Waals surface area contributed by atoms with Crippen LogP contribution in [0.3, 0.4) is 0 Å². The van der Waals surface area contributed by atoms with Crippen molar-refractivity contribution in [1.29, 1.82) is 0 Å². The Hall–Kier alpha value is -3.22. The molecule has 0 aliphatic rings. The normalized spacial score (nSPS) is 11.1. The molecule has 4 rings (SSSR count). The second kappa shape index (κ2) is 4.96. The number of rotatable bonds is 3. The van der Waals surface area contributed by atoms with Crippen LogP contribution < -0.4 is 5.69 Å². The van der Waals surface area contributed by atoms with E-state index >= 15 is 0 Å². The number of nitrogens with zero attached hydrogens (tertiary/aromatic N) is 4. The van der Waals surface area contributed by atoms with E-state index in [1.165, 1.54) is 10.9 Å². The first-order valence-corrected chi connectivity index (χ1v) is 6.81. The summed E-state index contributed by atoms with van der Waals surface area (Å²) in [5.41, 5.74) is 1.95. The fourth-order valence-corrected chi connectivity index (χ4v) is 2.38. The molecule has 3 aromatic heterocycles. The molecule has 0 bridgehead atoms. The minimum absolute atomic E-state index is 0.284. The average Bonchev–Trinajstić information content (AvgIpc) is 3.14. The van der Waals surface area contributed by atoms with Crippen LogP contribution in [0.25, 0.3) is 17.0 Å². The number of hydrogen-bond acceptors (Lipinski definition) is 4. The van der Waals surface area contributed by atoms with Crippen molar-refractivity contribution in [3.8, 4) is 5.82 Å². The lowest BCUT2D eigenvalue weighted by molar-refractivity contribution is 0.937. The van der Waals surface area contributed by atoms with E-state index in [1.54, 1.807) is 12.4 Å². The number of fused-ring (bicyclic) bond motifs is 1. The summed E-state index contributed by atoms with van der Waals surface area (Å²) in [6.45, 7) is 0. The van der Waals surface area contributed by atoms with E-state index in [4.69, 9.17) is 0 Å². The van der Waals surface area contributed by atoms with Gasteiger partial charge in [0.2, 0.25) is 0 Å². The second-order valence-electron chi connectivity index (χ2n) is 4.88. The molecule has 4 aromatic rings. The predicted octanol–water partition coefficient (Wildman–Crippen LogP) is 1.42. The molecule has 0 atom stereocenters. The molecule has 3 heterocycles. The van der Waals surface area contributed by atoms with Crippen LogP contribution in [-0.4, -0.2) is 29.5 Å². The monoisotopic (exact) mass is 292 g/mol. The summed E-state index contributed by atoms with van der Waals surface area (Å²) in [4.78, 5) is 30.6. The van der Waals surface area contributed by atoms with Crippen molar-refractivity contribution in [3.63, 3.8) is 0 Å². The van der Waals surface area contributed by atoms with Crippen LogP contribution in [0.5, 0.6) is 0 Å². The van der Waals surface area contributed by atoms with Crippen LogP contribution >= 0.6 is 0 Å². The van der Waals surface area contributed by atoms with Gasteiger partial charge in [-0.1, -0.05) is 30.3 Å². The maximum absolute atomic E-state index is 12.1. The Balaban J connectivity index is 1.83. The second-order valence-corrected chi connectivity index (χ2v) is 4.88. The van der Waals surface area contributed by atoms with Crippen molar-refractivity contribution < 1.29 is 0 Å². The first-order chi connectivity index (χ1) is 10.8. The van der Waals surface area contributed by atoms with Crippen LogP contribution in [0.15, 0.2) is 53.8 Å². The van der Waals surface area contributed by atoms with Crippen molar-refractivity contribution in [2.24, 2.45) is 0 Å². The van der Waals surface area contributed by atoms with Crippen LogP contribution in [0.1, 0.15) is 11.4 Å². The average molecular weight is 292 g/mol. The van der Waals surface area contributed by atoms with Gasteiger partial charge in [0.05, 0.1) is 12.5 Å². The van der Waals surface area contributed by atoms with Crippen LogP contribution in [0, 0.1) is 0 Å². The molecule has 0 aliphatic heterocycles. The maximum Gasteiger partial charge on any atom is 0.333 e. The molecule has 0 radical (unpaired) electrons. The molecule has 0 aliphatic carbocycles. The van der Waals surface area contributed by atoms with E-state index in [9.17, 15) is 4.79 Å². The molecule has 7 nitrogen and oxygen atoms in total. The molecule has 0 saturated carbocycles. The van der Waals surface area contributed by atoms with Crippen LogP contribution in [0.2, 0.25) is 0 Å². The van der Waals surface area contributed by atoms with Gasteiger partial charge < -0.3 is 9.97 Å². The summed E-state index contributed by atoms with van der Waals surface area (Å²) in [6, 6.07) is 9.96. The summed E-state index contributed by atoms with van der Waals surface area (Å²) >= 11 is 0. The third-order valence-corrected chi connectivity index (χ3v) is 3.39. The van der Waals surface area contributed by atoms with Crippen molar-refractivity contribution in [2.45, 2.75) is 6.42 Å². The number of H-pyrrole nitrogens is 2. The lowest BCUT2D eigenvalue weighted by Gasteiger charge is -2.02. The lowest BCUT2D eigenvalue weighted by atomic mass is 10.1. The largest absolute Gasteiger partial charge is 0.349 e. The summed E-state index contributed by atoms with van der Waals surface area (Å²) in [6.07, 6.45) is 5.40. The summed E-state index contributed by atoms with van der Waals surface area (Å²) in [7, 11) is 0. The molecular formula is C15H12N6O. The smallest absolute Gasteiger partial charge is 0.333 e. The fraction of sp³-hybridized carbons (Fsp3) is 0.0667. The van der Waals surface area contributed by atoms with Gasteiger partial charge in [0.15, 0.2) is 11.5 Å². The molecule has 22 heavy (non-hydrogen) atoms. The quantitative estimate of drug-likeness (QED) is 0.597. The van der Waals surface area contributed by atoms with Gasteiger partial charge in [0, 0.05) is 12.6 Å². The van der Waals surface area contributed by atoms with Gasteiger partial charge in [-0.15, -0.1) is 0 Å². The van der Waals surface area contributed by atoms with Crippen LogP contribution in [0.4, 0.5) is 0 Å². The molecule has 7 heteroatoms. The Morgan fingerprint density at radius 1 is 1.14 bits per heavy atom. The van der Waals surface area contributed by atoms with Crippen molar-refractivity contribution >= 4 is 11.2 Å². The van der Waals surface area contributed by atoms with Gasteiger partial charge in [0.1, 0.15) is 11.3 Å². The molecule has 0 fully saturated rings. The minimum atomic E-state index is -0.284. The van der Waals surface area contributed by atoms with Gasteiger partial charge >= 0.3 is 5.69 Å². The van der Waals surface area contributed by atoms with E-state index in [-0.39, 0.29) is 5.69 Å². The van der Waals surface area contributed by atoms with Crippen LogP contribution in [-0.2, 0) is 6.42 Å². The minimum Gasteiger partial charge on any atom is -0.349 e. The number of hydrogen-bond donors (Lipinski definition) is 2. The highest BCUT2D eigenvalue weighted by molar-refractivity contribution is 5.71. The molecule has 2 N–H and O–H groups in total. The van der Waals surface area contributed by atoms with E-state index in [0.717, 1.165) is 5.56 Å². The Morgan fingerprint density at radius 3 is 2.77 bits per heavy atom. The SMILES string of the molecule is O=c1[nH]c2cnc(Cc3ccccc3)nc2n1-c1c[nH]cn1. The number of nitrogens with one attached hydrogen (secondary N) is 2. The van der Waals surface area contributed by atoms with Gasteiger partial charge in [0.25, 0.3) is 0 Å². The third kappa shape index (κ3) is 2.08. The zero-order valence-corrected chi connectivity index (χ0v) is 11.5. The number of imidazole rings is 2. The standard InChI is InChI=1S/C15H12N6O/c22-15-19-11-7-17-12(6-10-4-2-1-3-5-10)20-14(11)21(15)13-8-16-9-18-13/h1-5,7-9H,6H2,(H,16,18)(H,19,22). The Bertz CT molecular complexity index is 968. The summed E-state index contributed by atoms with van der Waals surface area (Å²) in [5.74, 6) is 1.16. The molecule has 0 unspecified atom stereocenters. The third-order valence-electron chi connectivity index (χ3n) is 3.39. The van der Waals surface area contributed by atoms with Gasteiger partial charge in [-0.2, -0.15) is 0 Å². The number of aromatic amines is 2. The highest BCUT2D eigenvalue weighted by Crippen LogP contribution is 2.12. The first kappa shape index (κ1) is 12.5. The molecular weight excluding hydrogens is 280 g/mol. The fourth-order valence-electron chi connectivity index (χ4n) is 2.38. The summed E-state index contributed by atoms with van der Waals surface area (Å²) < 4.78 is 1.43. The molecule has 1 aromatic carbocycles. The van der Waals surface area contributed by atoms with Gasteiger partial charge in [-0.25, -0.2) is 24.3 Å².